The Kier molecular flexibility index (Phi) is 10.1. The quantitative estimate of drug-likeness (QED) is 0.127. The Morgan fingerprint density at radius 2 is 0.681 bits per heavy atom. The lowest BCUT2D eigenvalue weighted by atomic mass is 9.92. The van der Waals surface area contributed by atoms with Gasteiger partial charge in [0.25, 0.3) is 0 Å². The first-order chi connectivity index (χ1) is 35.4. The fraction of sp³-hybridized carbons (Fsp3) is 0.0312. The van der Waals surface area contributed by atoms with Crippen molar-refractivity contribution in [1.82, 2.24) is 19.9 Å². The van der Waals surface area contributed by atoms with Crippen LogP contribution in [0.25, 0.3) is 134 Å². The molecule has 2 N–H and O–H groups in total. The van der Waals surface area contributed by atoms with Crippen LogP contribution in [0.1, 0.15) is 43.5 Å². The fourth-order valence-corrected chi connectivity index (χ4v) is 10.7. The van der Waals surface area contributed by atoms with Crippen molar-refractivity contribution in [3.05, 3.63) is 216 Å². The van der Waals surface area contributed by atoms with Crippen LogP contribution in [0.4, 0.5) is 0 Å². The molecule has 0 saturated carbocycles. The molecular weight excluding hydrogens is 889 g/mol. The van der Waals surface area contributed by atoms with Gasteiger partial charge in [-0.1, -0.05) is 121 Å². The number of rotatable bonds is 6. The number of aromatic amines is 2. The van der Waals surface area contributed by atoms with Crippen LogP contribution in [0.15, 0.2) is 182 Å². The molecule has 5 heterocycles. The number of H-pyrrole nitrogens is 2. The minimum absolute atomic E-state index is 0.408. The first-order valence-electron chi connectivity index (χ1n) is 23.8. The van der Waals surface area contributed by atoms with Crippen LogP contribution < -0.4 is 0 Å². The summed E-state index contributed by atoms with van der Waals surface area (Å²) in [4.78, 5) is 44.4. The Bertz CT molecular complexity index is 4050. The summed E-state index contributed by atoms with van der Waals surface area (Å²) < 4.78 is 10.2. The van der Waals surface area contributed by atoms with Gasteiger partial charge in [-0.25, -0.2) is 19.6 Å². The van der Waals surface area contributed by atoms with E-state index in [1.807, 2.05) is 24.3 Å². The summed E-state index contributed by atoms with van der Waals surface area (Å²) >= 11 is 0. The van der Waals surface area contributed by atoms with Gasteiger partial charge in [0.05, 0.1) is 48.1 Å². The third-order valence-electron chi connectivity index (χ3n) is 14.0. The molecule has 3 aromatic heterocycles. The normalized spacial score (nSPS) is 12.0. The molecule has 8 aromatic carbocycles. The van der Waals surface area contributed by atoms with Crippen molar-refractivity contribution in [2.45, 2.75) is 0 Å². The number of aromatic nitrogens is 4. The predicted octanol–water partition coefficient (Wildman–Crippen LogP) is 15.5. The summed E-state index contributed by atoms with van der Waals surface area (Å²) in [7, 11) is 2.78. The number of carbonyl (C=O) groups is 2. The van der Waals surface area contributed by atoms with Gasteiger partial charge in [-0.05, 0) is 150 Å². The van der Waals surface area contributed by atoms with E-state index in [0.717, 1.165) is 122 Å². The molecule has 11 aromatic rings. The second kappa shape index (κ2) is 17.1. The lowest BCUT2D eigenvalue weighted by molar-refractivity contribution is 0.0592. The lowest BCUT2D eigenvalue weighted by Crippen LogP contribution is -2.00. The van der Waals surface area contributed by atoms with E-state index in [2.05, 4.69) is 168 Å². The zero-order valence-corrected chi connectivity index (χ0v) is 39.2. The van der Waals surface area contributed by atoms with Crippen LogP contribution in [0.3, 0.4) is 0 Å². The number of esters is 2. The van der Waals surface area contributed by atoms with Crippen molar-refractivity contribution in [3.63, 3.8) is 0 Å². The summed E-state index contributed by atoms with van der Waals surface area (Å²) in [6, 6.07) is 62.1. The molecule has 13 rings (SSSR count). The van der Waals surface area contributed by atoms with Crippen LogP contribution >= 0.6 is 0 Å². The SMILES string of the molecule is COC(=O)c1ccc(-c2c3nc(c(-c4cc5ccccc5c5ccccc45)c4ccc([nH]4)c(-c4ccc(C(=O)OC)cc4)c4nc(c(-c5cc6ccccc6c6ccccc56)c5ccc2[nH]5)C=C4)C=C3)cc1. The van der Waals surface area contributed by atoms with Gasteiger partial charge in [0.2, 0.25) is 0 Å². The molecule has 0 fully saturated rings. The maximum atomic E-state index is 12.7. The highest BCUT2D eigenvalue weighted by Gasteiger charge is 2.22. The minimum atomic E-state index is -0.408. The molecule has 342 valence electrons. The van der Waals surface area contributed by atoms with Crippen molar-refractivity contribution >= 4 is 101 Å². The summed E-state index contributed by atoms with van der Waals surface area (Å²) in [6.45, 7) is 0. The third kappa shape index (κ3) is 6.99. The molecule has 0 unspecified atom stereocenters. The molecule has 2 aliphatic rings. The topological polar surface area (TPSA) is 110 Å². The van der Waals surface area contributed by atoms with E-state index >= 15 is 0 Å². The maximum absolute atomic E-state index is 12.7. The lowest BCUT2D eigenvalue weighted by Gasteiger charge is -2.12. The highest BCUT2D eigenvalue weighted by molar-refractivity contribution is 6.17. The van der Waals surface area contributed by atoms with Gasteiger partial charge in [0.15, 0.2) is 0 Å². The number of benzene rings is 8. The first kappa shape index (κ1) is 42.4. The van der Waals surface area contributed by atoms with Crippen LogP contribution in [-0.2, 0) is 9.47 Å². The molecule has 0 atom stereocenters. The van der Waals surface area contributed by atoms with Gasteiger partial charge >= 0.3 is 11.9 Å². The van der Waals surface area contributed by atoms with E-state index in [1.54, 1.807) is 24.3 Å². The third-order valence-corrected chi connectivity index (χ3v) is 14.0. The van der Waals surface area contributed by atoms with Crippen LogP contribution in [-0.4, -0.2) is 46.1 Å². The monoisotopic (exact) mass is 930 g/mol. The van der Waals surface area contributed by atoms with Crippen LogP contribution in [0, 0.1) is 0 Å². The molecule has 0 amide bonds. The van der Waals surface area contributed by atoms with E-state index in [0.29, 0.717) is 11.1 Å². The Hall–Kier alpha value is -9.66. The van der Waals surface area contributed by atoms with Crippen molar-refractivity contribution in [2.75, 3.05) is 14.2 Å². The molecular formula is C64H42N4O4. The Balaban J connectivity index is 1.20. The Labute approximate surface area is 413 Å². The number of carbonyl (C=O) groups excluding carboxylic acids is 2. The summed E-state index contributed by atoms with van der Waals surface area (Å²) in [5.41, 5.74) is 14.7. The molecule has 0 saturated heterocycles. The zero-order valence-electron chi connectivity index (χ0n) is 39.2. The van der Waals surface area contributed by atoms with Crippen LogP contribution in [0.5, 0.6) is 0 Å². The molecule has 72 heavy (non-hydrogen) atoms. The fourth-order valence-electron chi connectivity index (χ4n) is 10.7. The van der Waals surface area contributed by atoms with Gasteiger partial charge in [0.1, 0.15) is 0 Å². The van der Waals surface area contributed by atoms with E-state index in [4.69, 9.17) is 19.4 Å². The van der Waals surface area contributed by atoms with Crippen molar-refractivity contribution in [1.29, 1.82) is 0 Å². The van der Waals surface area contributed by atoms with E-state index in [1.165, 1.54) is 25.0 Å². The molecule has 0 spiro atoms. The van der Waals surface area contributed by atoms with E-state index in [-0.39, 0.29) is 0 Å². The second-order valence-corrected chi connectivity index (χ2v) is 18.0. The number of hydrogen-bond acceptors (Lipinski definition) is 6. The van der Waals surface area contributed by atoms with Gasteiger partial charge < -0.3 is 19.4 Å². The molecule has 8 bridgehead atoms. The van der Waals surface area contributed by atoms with E-state index in [9.17, 15) is 9.59 Å². The minimum Gasteiger partial charge on any atom is -0.465 e. The number of fused-ring (bicyclic) bond motifs is 14. The van der Waals surface area contributed by atoms with E-state index < -0.39 is 11.9 Å². The number of nitrogens with zero attached hydrogens (tertiary/aromatic N) is 2. The predicted molar refractivity (Wildman–Crippen MR) is 293 cm³/mol. The van der Waals surface area contributed by atoms with Gasteiger partial charge in [-0.3, -0.25) is 0 Å². The summed E-state index contributed by atoms with van der Waals surface area (Å²) in [6.07, 6.45) is 8.35. The first-order valence-corrected chi connectivity index (χ1v) is 23.8. The number of hydrogen-bond donors (Lipinski definition) is 2. The average Bonchev–Trinajstić information content (AvgIpc) is 4.30. The largest absolute Gasteiger partial charge is 0.465 e. The molecule has 0 radical (unpaired) electrons. The van der Waals surface area contributed by atoms with Crippen molar-refractivity contribution in [3.8, 4) is 44.5 Å². The van der Waals surface area contributed by atoms with Gasteiger partial charge in [-0.15, -0.1) is 0 Å². The zero-order chi connectivity index (χ0) is 48.5. The highest BCUT2D eigenvalue weighted by Crippen LogP contribution is 2.43. The average molecular weight is 931 g/mol. The van der Waals surface area contributed by atoms with Gasteiger partial charge in [-0.2, -0.15) is 0 Å². The smallest absolute Gasteiger partial charge is 0.337 e. The molecule has 8 nitrogen and oxygen atoms in total. The van der Waals surface area contributed by atoms with Gasteiger partial charge in [0, 0.05) is 44.3 Å². The van der Waals surface area contributed by atoms with Crippen LogP contribution in [0.2, 0.25) is 0 Å². The maximum Gasteiger partial charge on any atom is 0.337 e. The molecule has 8 heteroatoms. The number of ether oxygens (including phenoxy) is 2. The number of methoxy groups -OCH3 is 2. The highest BCUT2D eigenvalue weighted by atomic mass is 16.5. The Morgan fingerprint density at radius 1 is 0.361 bits per heavy atom. The summed E-state index contributed by atoms with van der Waals surface area (Å²) in [5, 5.41) is 9.01. The van der Waals surface area contributed by atoms with Crippen molar-refractivity contribution < 1.29 is 19.1 Å². The standard InChI is InChI=1S/C64H42N4O4/c1-71-63(69)39-23-19-37(20-24-39)59-51-27-31-55(65-51)61(49-35-41-11-3-5-13-43(41)45-15-7-9-17-47(45)49)57-33-29-53(67-57)60(38-21-25-40(26-22-38)64(70)72-2)54-30-34-58(68-54)62(56-32-28-52(59)66-56)50-36-42-12-4-6-14-44(42)46-16-8-10-18-48(46)50/h3-36,65,68H,1-2H3. The molecule has 0 aliphatic carbocycles. The number of nitrogens with one attached hydrogen (secondary N) is 2. The second-order valence-electron chi connectivity index (χ2n) is 18.0. The summed E-state index contributed by atoms with van der Waals surface area (Å²) in [5.74, 6) is -0.816. The Morgan fingerprint density at radius 3 is 1.06 bits per heavy atom. The molecule has 2 aliphatic heterocycles. The van der Waals surface area contributed by atoms with Crippen molar-refractivity contribution in [2.24, 2.45) is 0 Å².